The van der Waals surface area contributed by atoms with E-state index in [-0.39, 0.29) is 5.82 Å². The predicted molar refractivity (Wildman–Crippen MR) is 48.1 cm³/mol. The van der Waals surface area contributed by atoms with Crippen molar-refractivity contribution < 1.29 is 4.39 Å². The second kappa shape index (κ2) is 3.33. The van der Waals surface area contributed by atoms with Crippen LogP contribution in [0.5, 0.6) is 0 Å². The summed E-state index contributed by atoms with van der Waals surface area (Å²) in [5.74, 6) is 0.121. The van der Waals surface area contributed by atoms with E-state index in [9.17, 15) is 4.39 Å². The molecule has 1 aromatic heterocycles. The van der Waals surface area contributed by atoms with Gasteiger partial charge in [0.1, 0.15) is 0 Å². The van der Waals surface area contributed by atoms with Gasteiger partial charge in [0, 0.05) is 20.1 Å². The summed E-state index contributed by atoms with van der Waals surface area (Å²) >= 11 is 0. The van der Waals surface area contributed by atoms with E-state index in [0.717, 1.165) is 19.5 Å². The normalized spacial score (nSPS) is 16.5. The van der Waals surface area contributed by atoms with Gasteiger partial charge in [0.05, 0.1) is 5.69 Å². The van der Waals surface area contributed by atoms with Gasteiger partial charge in [0.25, 0.3) is 0 Å². The third-order valence-corrected chi connectivity index (χ3v) is 2.25. The first-order valence-electron chi connectivity index (χ1n) is 4.46. The van der Waals surface area contributed by atoms with Crippen LogP contribution in [0.2, 0.25) is 0 Å². The molecule has 0 saturated heterocycles. The standard InChI is InChI=1S/C8H13FN4/c1-10-8-7(9)6-5-11-3-2-4-13(6)12-8/h11H,2-5H2,1H3,(H,10,12). The maximum absolute atomic E-state index is 13.5. The molecule has 2 N–H and O–H groups in total. The molecule has 2 rings (SSSR count). The van der Waals surface area contributed by atoms with Crippen LogP contribution in [0.3, 0.4) is 0 Å². The van der Waals surface area contributed by atoms with Gasteiger partial charge in [-0.1, -0.05) is 0 Å². The lowest BCUT2D eigenvalue weighted by molar-refractivity contribution is 0.572. The highest BCUT2D eigenvalue weighted by molar-refractivity contribution is 5.37. The molecule has 5 heteroatoms. The van der Waals surface area contributed by atoms with Crippen molar-refractivity contribution in [2.75, 3.05) is 18.9 Å². The first-order valence-corrected chi connectivity index (χ1v) is 4.46. The van der Waals surface area contributed by atoms with Crippen molar-refractivity contribution in [3.63, 3.8) is 0 Å². The molecule has 0 radical (unpaired) electrons. The number of hydrogen-bond acceptors (Lipinski definition) is 3. The van der Waals surface area contributed by atoms with E-state index < -0.39 is 0 Å². The highest BCUT2D eigenvalue weighted by Gasteiger charge is 2.17. The minimum absolute atomic E-state index is 0.225. The van der Waals surface area contributed by atoms with Crippen molar-refractivity contribution in [3.05, 3.63) is 11.5 Å². The molecule has 4 nitrogen and oxygen atoms in total. The molecule has 0 unspecified atom stereocenters. The second-order valence-corrected chi connectivity index (χ2v) is 3.11. The Morgan fingerprint density at radius 2 is 2.46 bits per heavy atom. The van der Waals surface area contributed by atoms with Crippen LogP contribution in [-0.2, 0) is 13.1 Å². The topological polar surface area (TPSA) is 41.9 Å². The summed E-state index contributed by atoms with van der Waals surface area (Å²) in [7, 11) is 1.68. The average molecular weight is 184 g/mol. The summed E-state index contributed by atoms with van der Waals surface area (Å²) in [6.45, 7) is 2.29. The Morgan fingerprint density at radius 3 is 3.23 bits per heavy atom. The van der Waals surface area contributed by atoms with Crippen LogP contribution >= 0.6 is 0 Å². The van der Waals surface area contributed by atoms with Crippen molar-refractivity contribution in [1.29, 1.82) is 0 Å². The number of aromatic nitrogens is 2. The number of rotatable bonds is 1. The number of fused-ring (bicyclic) bond motifs is 1. The molecular formula is C8H13FN4. The van der Waals surface area contributed by atoms with Crippen molar-refractivity contribution in [2.45, 2.75) is 19.5 Å². The molecule has 0 aromatic carbocycles. The van der Waals surface area contributed by atoms with Crippen molar-refractivity contribution in [2.24, 2.45) is 0 Å². The average Bonchev–Trinajstić information content (AvgIpc) is 2.37. The van der Waals surface area contributed by atoms with E-state index in [4.69, 9.17) is 0 Å². The third kappa shape index (κ3) is 1.39. The summed E-state index contributed by atoms with van der Waals surface area (Å²) in [6.07, 6.45) is 0.997. The number of nitrogens with one attached hydrogen (secondary N) is 2. The molecule has 0 bridgehead atoms. The highest BCUT2D eigenvalue weighted by Crippen LogP contribution is 2.18. The van der Waals surface area contributed by atoms with Crippen LogP contribution in [0, 0.1) is 5.82 Å². The molecule has 1 aliphatic rings. The van der Waals surface area contributed by atoms with Gasteiger partial charge in [-0.3, -0.25) is 4.68 Å². The van der Waals surface area contributed by atoms with Gasteiger partial charge in [0.2, 0.25) is 0 Å². The molecule has 0 amide bonds. The zero-order chi connectivity index (χ0) is 9.26. The fraction of sp³-hybridized carbons (Fsp3) is 0.625. The number of anilines is 1. The van der Waals surface area contributed by atoms with Crippen LogP contribution in [0.25, 0.3) is 0 Å². The summed E-state index contributed by atoms with van der Waals surface area (Å²) in [5, 5.41) is 10.0. The molecule has 0 atom stereocenters. The van der Waals surface area contributed by atoms with Crippen molar-refractivity contribution in [1.82, 2.24) is 15.1 Å². The largest absolute Gasteiger partial charge is 0.369 e. The van der Waals surface area contributed by atoms with E-state index in [2.05, 4.69) is 15.7 Å². The lowest BCUT2D eigenvalue weighted by Crippen LogP contribution is -2.13. The fourth-order valence-corrected chi connectivity index (χ4v) is 1.55. The number of nitrogens with zero attached hydrogens (tertiary/aromatic N) is 2. The Morgan fingerprint density at radius 1 is 1.62 bits per heavy atom. The third-order valence-electron chi connectivity index (χ3n) is 2.25. The van der Waals surface area contributed by atoms with Crippen molar-refractivity contribution >= 4 is 5.82 Å². The first-order chi connectivity index (χ1) is 6.33. The Labute approximate surface area is 76.1 Å². The highest BCUT2D eigenvalue weighted by atomic mass is 19.1. The zero-order valence-corrected chi connectivity index (χ0v) is 7.60. The Kier molecular flexibility index (Phi) is 2.18. The molecule has 0 fully saturated rings. The summed E-state index contributed by atoms with van der Waals surface area (Å²) in [4.78, 5) is 0. The summed E-state index contributed by atoms with van der Waals surface area (Å²) in [5.41, 5.74) is 0.654. The van der Waals surface area contributed by atoms with Crippen LogP contribution in [0.15, 0.2) is 0 Å². The molecule has 0 spiro atoms. The van der Waals surface area contributed by atoms with Gasteiger partial charge in [0.15, 0.2) is 11.6 Å². The van der Waals surface area contributed by atoms with Gasteiger partial charge in [-0.15, -0.1) is 0 Å². The minimum atomic E-state index is -0.225. The maximum atomic E-state index is 13.5. The van der Waals surface area contributed by atoms with Crippen LogP contribution in [0.4, 0.5) is 10.2 Å². The quantitative estimate of drug-likeness (QED) is 0.670. The number of hydrogen-bond donors (Lipinski definition) is 2. The SMILES string of the molecule is CNc1nn2c(c1F)CNCCC2. The molecule has 13 heavy (non-hydrogen) atoms. The summed E-state index contributed by atoms with van der Waals surface area (Å²) in [6, 6.07) is 0. The van der Waals surface area contributed by atoms with Gasteiger partial charge in [-0.05, 0) is 13.0 Å². The van der Waals surface area contributed by atoms with Crippen LogP contribution in [-0.4, -0.2) is 23.4 Å². The Hall–Kier alpha value is -1.10. The maximum Gasteiger partial charge on any atom is 0.189 e. The second-order valence-electron chi connectivity index (χ2n) is 3.11. The lowest BCUT2D eigenvalue weighted by Gasteiger charge is -1.98. The van der Waals surface area contributed by atoms with E-state index >= 15 is 0 Å². The van der Waals surface area contributed by atoms with Crippen LogP contribution < -0.4 is 10.6 Å². The predicted octanol–water partition coefficient (Wildman–Crippen LogP) is 0.557. The van der Waals surface area contributed by atoms with Crippen LogP contribution in [0.1, 0.15) is 12.1 Å². The van der Waals surface area contributed by atoms with E-state index in [1.165, 1.54) is 0 Å². The lowest BCUT2D eigenvalue weighted by atomic mass is 10.4. The first kappa shape index (κ1) is 8.50. The minimum Gasteiger partial charge on any atom is -0.369 e. The van der Waals surface area contributed by atoms with Crippen molar-refractivity contribution in [3.8, 4) is 0 Å². The molecule has 0 aliphatic carbocycles. The van der Waals surface area contributed by atoms with E-state index in [1.807, 2.05) is 0 Å². The van der Waals surface area contributed by atoms with Gasteiger partial charge < -0.3 is 10.6 Å². The fourth-order valence-electron chi connectivity index (χ4n) is 1.55. The number of aryl methyl sites for hydroxylation is 1. The molecule has 0 saturated carbocycles. The van der Waals surface area contributed by atoms with E-state index in [1.54, 1.807) is 11.7 Å². The number of halogens is 1. The Bertz CT molecular complexity index is 307. The van der Waals surface area contributed by atoms with Gasteiger partial charge in [-0.25, -0.2) is 4.39 Å². The summed E-state index contributed by atoms with van der Waals surface area (Å²) < 4.78 is 15.2. The smallest absolute Gasteiger partial charge is 0.189 e. The van der Waals surface area contributed by atoms with Gasteiger partial charge >= 0.3 is 0 Å². The zero-order valence-electron chi connectivity index (χ0n) is 7.60. The molecule has 1 aromatic rings. The van der Waals surface area contributed by atoms with Gasteiger partial charge in [-0.2, -0.15) is 5.10 Å². The molecule has 1 aliphatic heterocycles. The van der Waals surface area contributed by atoms with E-state index in [0.29, 0.717) is 18.1 Å². The molecular weight excluding hydrogens is 171 g/mol. The monoisotopic (exact) mass is 184 g/mol. The molecule has 72 valence electrons. The Balaban J connectivity index is 2.38. The molecule has 2 heterocycles.